The molecule has 0 aliphatic heterocycles. The minimum atomic E-state index is 0.282. The second kappa shape index (κ2) is 14.8. The monoisotopic (exact) mass is 913 g/mol. The van der Waals surface area contributed by atoms with E-state index < -0.39 is 0 Å². The number of nitrogens with zero attached hydrogens (tertiary/aromatic N) is 7. The summed E-state index contributed by atoms with van der Waals surface area (Å²) < 4.78 is 16.4. The van der Waals surface area contributed by atoms with Gasteiger partial charge in [0.25, 0.3) is 11.8 Å². The van der Waals surface area contributed by atoms with Crippen molar-refractivity contribution in [1.29, 1.82) is 5.26 Å². The number of hydrogen-bond donors (Lipinski definition) is 0. The van der Waals surface area contributed by atoms with Gasteiger partial charge in [-0.05, 0) is 60.0 Å². The van der Waals surface area contributed by atoms with Gasteiger partial charge in [-0.15, -0.1) is 21.5 Å². The summed E-state index contributed by atoms with van der Waals surface area (Å²) in [6.45, 7) is 0. The maximum Gasteiger partial charge on any atom is 0.258 e. The van der Waals surface area contributed by atoms with Crippen molar-refractivity contribution in [3.63, 3.8) is 0 Å². The number of hydrogen-bond acceptors (Lipinski definition) is 5. The van der Waals surface area contributed by atoms with E-state index in [1.165, 1.54) is 0 Å². The largest absolute Gasteiger partial charge is 0.415 e. The third-order valence-corrected chi connectivity index (χ3v) is 15.0. The Morgan fingerprint density at radius 2 is 0.657 bits per heavy atom. The van der Waals surface area contributed by atoms with Crippen LogP contribution in [0.1, 0.15) is 5.56 Å². The molecule has 9 aromatic carbocycles. The van der Waals surface area contributed by atoms with Gasteiger partial charge in [-0.1, -0.05) is 152 Å². The first-order valence-electron chi connectivity index (χ1n) is 23.2. The SMILES string of the molecule is N#Cc1c(-n2c3ccccc3c3ccccc32)c(-c2nnc(-c3cccs3)o2)c(-n2c3ccccc3c3ccccc32)c(-n2c3ccccc3c3ccccc32)c1-n1c2ccccc2c2ccccc21. The minimum absolute atomic E-state index is 0.282. The molecule has 0 fully saturated rings. The maximum absolute atomic E-state index is 12.6. The average Bonchev–Trinajstić information content (AvgIpc) is 4.30. The highest BCUT2D eigenvalue weighted by molar-refractivity contribution is 7.13. The highest BCUT2D eigenvalue weighted by Gasteiger charge is 2.36. The molecule has 15 rings (SSSR count). The summed E-state index contributed by atoms with van der Waals surface area (Å²) >= 11 is 1.54. The van der Waals surface area contributed by atoms with Gasteiger partial charge in [0.15, 0.2) is 0 Å². The highest BCUT2D eigenvalue weighted by atomic mass is 32.1. The van der Waals surface area contributed by atoms with E-state index in [4.69, 9.17) is 14.6 Å². The molecule has 0 aliphatic carbocycles. The van der Waals surface area contributed by atoms with Crippen LogP contribution in [0.5, 0.6) is 0 Å². The fraction of sp³-hybridized carbons (Fsp3) is 0. The Hall–Kier alpha value is -9.49. The summed E-state index contributed by atoms with van der Waals surface area (Å²) in [6, 6.07) is 75.3. The van der Waals surface area contributed by atoms with Crippen LogP contribution < -0.4 is 0 Å². The Labute approximate surface area is 403 Å². The van der Waals surface area contributed by atoms with E-state index in [0.29, 0.717) is 28.4 Å². The Balaban J connectivity index is 1.31. The van der Waals surface area contributed by atoms with Gasteiger partial charge in [0.1, 0.15) is 11.6 Å². The van der Waals surface area contributed by atoms with Crippen molar-refractivity contribution in [1.82, 2.24) is 28.5 Å². The van der Waals surface area contributed by atoms with Gasteiger partial charge in [0.05, 0.1) is 77.3 Å². The lowest BCUT2D eigenvalue weighted by molar-refractivity contribution is 0.585. The van der Waals surface area contributed by atoms with Crippen molar-refractivity contribution in [3.8, 4) is 51.0 Å². The quantitative estimate of drug-likeness (QED) is 0.166. The predicted octanol–water partition coefficient (Wildman–Crippen LogP) is 15.7. The van der Waals surface area contributed by atoms with Gasteiger partial charge in [0, 0.05) is 43.1 Å². The molecule has 6 heterocycles. The molecule has 0 bridgehead atoms. The topological polar surface area (TPSA) is 82.4 Å². The van der Waals surface area contributed by atoms with Crippen LogP contribution in [-0.4, -0.2) is 28.5 Å². The van der Waals surface area contributed by atoms with E-state index in [1.807, 2.05) is 17.5 Å². The Bertz CT molecular complexity index is 4470. The number of rotatable bonds is 6. The Kier molecular flexibility index (Phi) is 8.14. The lowest BCUT2D eigenvalue weighted by Gasteiger charge is -2.28. The van der Waals surface area contributed by atoms with Crippen LogP contribution in [0.3, 0.4) is 0 Å². The van der Waals surface area contributed by atoms with E-state index in [2.05, 4.69) is 218 Å². The normalized spacial score (nSPS) is 12.0. The first-order chi connectivity index (χ1) is 34.8. The van der Waals surface area contributed by atoms with Crippen LogP contribution in [0.25, 0.3) is 132 Å². The van der Waals surface area contributed by atoms with Crippen molar-refractivity contribution < 1.29 is 4.42 Å². The Morgan fingerprint density at radius 1 is 0.343 bits per heavy atom. The first-order valence-corrected chi connectivity index (χ1v) is 24.1. The van der Waals surface area contributed by atoms with E-state index >= 15 is 0 Å². The molecule has 8 nitrogen and oxygen atoms in total. The molecule has 0 atom stereocenters. The van der Waals surface area contributed by atoms with Gasteiger partial charge in [-0.3, -0.25) is 0 Å². The standard InChI is InChI=1S/C61H35N7OS/c62-36-45-56(65-46-26-9-1-18-37(46)38-19-2-10-27-47(38)65)55(61-64-63-60(69-61)54-34-17-35-70-54)58(67-50-30-13-5-22-41(50)42-23-6-14-31-51(42)67)59(68-52-32-15-7-24-43(52)44-25-8-16-33-53(44)68)57(45)66-48-28-11-3-20-39(48)40-21-4-12-29-49(40)66/h1-35H. The van der Waals surface area contributed by atoms with Gasteiger partial charge < -0.3 is 22.7 Å². The van der Waals surface area contributed by atoms with Crippen molar-refractivity contribution in [2.24, 2.45) is 0 Å². The molecule has 0 unspecified atom stereocenters. The van der Waals surface area contributed by atoms with E-state index in [1.54, 1.807) is 11.3 Å². The summed E-state index contributed by atoms with van der Waals surface area (Å²) in [5.74, 6) is 0.680. The smallest absolute Gasteiger partial charge is 0.258 e. The Morgan fingerprint density at radius 3 is 1.00 bits per heavy atom. The summed E-state index contributed by atoms with van der Waals surface area (Å²) in [7, 11) is 0. The molecule has 326 valence electrons. The molecular formula is C61H35N7OS. The maximum atomic E-state index is 12.6. The van der Waals surface area contributed by atoms with E-state index in [-0.39, 0.29) is 5.89 Å². The summed E-state index contributed by atoms with van der Waals surface area (Å²) in [5, 5.41) is 33.1. The van der Waals surface area contributed by atoms with Crippen LogP contribution in [-0.2, 0) is 0 Å². The fourth-order valence-corrected chi connectivity index (χ4v) is 12.0. The molecule has 0 N–H and O–H groups in total. The van der Waals surface area contributed by atoms with Crippen molar-refractivity contribution in [2.45, 2.75) is 0 Å². The van der Waals surface area contributed by atoms with Gasteiger partial charge in [-0.2, -0.15) is 5.26 Å². The lowest BCUT2D eigenvalue weighted by atomic mass is 9.97. The van der Waals surface area contributed by atoms with Crippen LogP contribution in [0.4, 0.5) is 0 Å². The van der Waals surface area contributed by atoms with Crippen LogP contribution in [0.2, 0.25) is 0 Å². The number of nitriles is 1. The molecule has 0 radical (unpaired) electrons. The lowest BCUT2D eigenvalue weighted by Crippen LogP contribution is -2.16. The molecule has 0 saturated carbocycles. The average molecular weight is 914 g/mol. The van der Waals surface area contributed by atoms with Crippen molar-refractivity contribution >= 4 is 98.6 Å². The molecule has 0 amide bonds. The van der Waals surface area contributed by atoms with E-state index in [0.717, 1.165) is 103 Å². The zero-order chi connectivity index (χ0) is 46.0. The van der Waals surface area contributed by atoms with Gasteiger partial charge >= 0.3 is 0 Å². The van der Waals surface area contributed by atoms with Gasteiger partial charge in [-0.25, -0.2) is 0 Å². The molecule has 0 spiro atoms. The summed E-state index contributed by atoms with van der Waals surface area (Å²) in [4.78, 5) is 0.848. The number of benzene rings is 9. The summed E-state index contributed by atoms with van der Waals surface area (Å²) in [6.07, 6.45) is 0. The third kappa shape index (κ3) is 5.22. The molecule has 6 aromatic heterocycles. The van der Waals surface area contributed by atoms with Crippen molar-refractivity contribution in [3.05, 3.63) is 217 Å². The first kappa shape index (κ1) is 38.6. The molecule has 0 aliphatic rings. The zero-order valence-electron chi connectivity index (χ0n) is 37.2. The molecule has 15 aromatic rings. The number of thiophene rings is 1. The van der Waals surface area contributed by atoms with Crippen LogP contribution in [0, 0.1) is 11.3 Å². The second-order valence-corrected chi connectivity index (χ2v) is 18.6. The number of fused-ring (bicyclic) bond motifs is 12. The molecule has 0 saturated heterocycles. The molecule has 9 heteroatoms. The minimum Gasteiger partial charge on any atom is -0.415 e. The van der Waals surface area contributed by atoms with Crippen LogP contribution in [0.15, 0.2) is 216 Å². The fourth-order valence-electron chi connectivity index (χ4n) is 11.4. The van der Waals surface area contributed by atoms with Crippen molar-refractivity contribution in [2.75, 3.05) is 0 Å². The highest BCUT2D eigenvalue weighted by Crippen LogP contribution is 2.51. The van der Waals surface area contributed by atoms with Crippen LogP contribution >= 0.6 is 11.3 Å². The molecule has 70 heavy (non-hydrogen) atoms. The second-order valence-electron chi connectivity index (χ2n) is 17.6. The molecular weight excluding hydrogens is 879 g/mol. The number of aromatic nitrogens is 6. The zero-order valence-corrected chi connectivity index (χ0v) is 38.0. The predicted molar refractivity (Wildman–Crippen MR) is 285 cm³/mol. The van der Waals surface area contributed by atoms with E-state index in [9.17, 15) is 5.26 Å². The third-order valence-electron chi connectivity index (χ3n) is 14.1. The number of para-hydroxylation sites is 8. The van der Waals surface area contributed by atoms with Gasteiger partial charge in [0.2, 0.25) is 0 Å². The summed E-state index contributed by atoms with van der Waals surface area (Å²) in [5.41, 5.74) is 11.7.